The van der Waals surface area contributed by atoms with Crippen molar-refractivity contribution < 1.29 is 0 Å². The van der Waals surface area contributed by atoms with Crippen molar-refractivity contribution in [3.05, 3.63) is 42.3 Å². The minimum absolute atomic E-state index is 0.808. The molecule has 0 N–H and O–H groups in total. The molecule has 4 nitrogen and oxygen atoms in total. The van der Waals surface area contributed by atoms with Crippen molar-refractivity contribution in [2.45, 2.75) is 6.92 Å². The largest absolute Gasteiger partial charge is 0.252 e. The van der Waals surface area contributed by atoms with E-state index in [0.29, 0.717) is 0 Å². The molecule has 1 aliphatic rings. The molecule has 2 aromatic rings. The van der Waals surface area contributed by atoms with Gasteiger partial charge in [0.25, 0.3) is 0 Å². The van der Waals surface area contributed by atoms with Gasteiger partial charge in [0.15, 0.2) is 0 Å². The van der Waals surface area contributed by atoms with Crippen LogP contribution in [-0.4, -0.2) is 19.9 Å². The fourth-order valence-corrected chi connectivity index (χ4v) is 1.87. The molecule has 2 aromatic heterocycles. The topological polar surface area (TPSA) is 51.6 Å². The number of hydrogen-bond acceptors (Lipinski definition) is 4. The SMILES string of the molecule is C=C1c2nccnc2-c2ncnc(C)c21. The average Bonchev–Trinajstić information content (AvgIpc) is 2.55. The van der Waals surface area contributed by atoms with Crippen LogP contribution in [0.15, 0.2) is 25.3 Å². The number of aromatic nitrogens is 4. The van der Waals surface area contributed by atoms with Gasteiger partial charge in [0.1, 0.15) is 17.7 Å². The van der Waals surface area contributed by atoms with Crippen LogP contribution in [0.1, 0.15) is 17.0 Å². The monoisotopic (exact) mass is 196 g/mol. The van der Waals surface area contributed by atoms with Crippen LogP contribution in [0.4, 0.5) is 0 Å². The van der Waals surface area contributed by atoms with Gasteiger partial charge in [-0.25, -0.2) is 9.97 Å². The zero-order valence-corrected chi connectivity index (χ0v) is 8.23. The third-order valence-corrected chi connectivity index (χ3v) is 2.55. The molecule has 0 atom stereocenters. The second kappa shape index (κ2) is 2.70. The van der Waals surface area contributed by atoms with Crippen molar-refractivity contribution in [2.75, 3.05) is 0 Å². The Hall–Kier alpha value is -2.10. The molecule has 0 bridgehead atoms. The summed E-state index contributed by atoms with van der Waals surface area (Å²) in [6.07, 6.45) is 4.88. The van der Waals surface area contributed by atoms with Gasteiger partial charge in [-0.2, -0.15) is 0 Å². The molecule has 0 aliphatic heterocycles. The lowest BCUT2D eigenvalue weighted by atomic mass is 10.1. The maximum absolute atomic E-state index is 4.28. The normalized spacial score (nSPS) is 12.5. The Labute approximate surface area is 86.8 Å². The predicted molar refractivity (Wildman–Crippen MR) is 55.9 cm³/mol. The molecule has 0 unspecified atom stereocenters. The standard InChI is InChI=1S/C11H8N4/c1-6-8-7(2)14-5-15-10(8)11-9(6)12-3-4-13-11/h3-5H,1H2,2H3. The number of fused-ring (bicyclic) bond motifs is 3. The van der Waals surface area contributed by atoms with Crippen molar-refractivity contribution in [2.24, 2.45) is 0 Å². The molecule has 4 heteroatoms. The van der Waals surface area contributed by atoms with E-state index >= 15 is 0 Å². The molecule has 0 amide bonds. The highest BCUT2D eigenvalue weighted by atomic mass is 14.9. The predicted octanol–water partition coefficient (Wildman–Crippen LogP) is 1.62. The second-order valence-electron chi connectivity index (χ2n) is 3.41. The third kappa shape index (κ3) is 0.958. The molecule has 0 saturated heterocycles. The highest BCUT2D eigenvalue weighted by molar-refractivity contribution is 5.96. The van der Waals surface area contributed by atoms with Crippen molar-refractivity contribution >= 4 is 5.57 Å². The van der Waals surface area contributed by atoms with Crippen LogP contribution in [0.25, 0.3) is 17.0 Å². The molecule has 0 aromatic carbocycles. The minimum Gasteiger partial charge on any atom is -0.252 e. The number of aryl methyl sites for hydroxylation is 1. The minimum atomic E-state index is 0.808. The fraction of sp³-hybridized carbons (Fsp3) is 0.0909. The van der Waals surface area contributed by atoms with E-state index in [2.05, 4.69) is 26.5 Å². The van der Waals surface area contributed by atoms with Crippen LogP contribution in [0.5, 0.6) is 0 Å². The Kier molecular flexibility index (Phi) is 1.48. The smallest absolute Gasteiger partial charge is 0.116 e. The van der Waals surface area contributed by atoms with Crippen LogP contribution >= 0.6 is 0 Å². The maximum Gasteiger partial charge on any atom is 0.116 e. The van der Waals surface area contributed by atoms with Gasteiger partial charge in [0, 0.05) is 29.2 Å². The highest BCUT2D eigenvalue weighted by Gasteiger charge is 2.27. The first-order chi connectivity index (χ1) is 7.29. The molecule has 72 valence electrons. The first kappa shape index (κ1) is 8.23. The summed E-state index contributed by atoms with van der Waals surface area (Å²) in [4.78, 5) is 16.9. The molecular weight excluding hydrogens is 188 g/mol. The Bertz CT molecular complexity index is 575. The third-order valence-electron chi connectivity index (χ3n) is 2.55. The van der Waals surface area contributed by atoms with Crippen molar-refractivity contribution in [3.8, 4) is 11.4 Å². The lowest BCUT2D eigenvalue weighted by Crippen LogP contribution is -1.92. The summed E-state index contributed by atoms with van der Waals surface area (Å²) < 4.78 is 0. The number of hydrogen-bond donors (Lipinski definition) is 0. The van der Waals surface area contributed by atoms with Crippen molar-refractivity contribution in [1.29, 1.82) is 0 Å². The van der Waals surface area contributed by atoms with Gasteiger partial charge >= 0.3 is 0 Å². The number of rotatable bonds is 0. The van der Waals surface area contributed by atoms with Gasteiger partial charge in [-0.3, -0.25) is 9.97 Å². The summed E-state index contributed by atoms with van der Waals surface area (Å²) in [6.45, 7) is 5.96. The first-order valence-electron chi connectivity index (χ1n) is 4.61. The van der Waals surface area contributed by atoms with E-state index in [1.165, 1.54) is 0 Å². The average molecular weight is 196 g/mol. The van der Waals surface area contributed by atoms with Gasteiger partial charge in [-0.15, -0.1) is 0 Å². The molecule has 2 heterocycles. The molecular formula is C11H8N4. The van der Waals surface area contributed by atoms with Crippen LogP contribution < -0.4 is 0 Å². The zero-order valence-electron chi connectivity index (χ0n) is 8.23. The van der Waals surface area contributed by atoms with E-state index in [9.17, 15) is 0 Å². The molecule has 0 saturated carbocycles. The van der Waals surface area contributed by atoms with E-state index < -0.39 is 0 Å². The summed E-state index contributed by atoms with van der Waals surface area (Å²) >= 11 is 0. The van der Waals surface area contributed by atoms with Crippen LogP contribution in [-0.2, 0) is 0 Å². The lowest BCUT2D eigenvalue weighted by molar-refractivity contribution is 1.09. The Morgan fingerprint density at radius 2 is 1.67 bits per heavy atom. The Morgan fingerprint density at radius 3 is 2.47 bits per heavy atom. The quantitative estimate of drug-likeness (QED) is 0.548. The van der Waals surface area contributed by atoms with Crippen molar-refractivity contribution in [3.63, 3.8) is 0 Å². The summed E-state index contributed by atoms with van der Waals surface area (Å²) in [6, 6.07) is 0. The van der Waals surface area contributed by atoms with Crippen molar-refractivity contribution in [1.82, 2.24) is 19.9 Å². The van der Waals surface area contributed by atoms with Gasteiger partial charge in [-0.1, -0.05) is 6.58 Å². The summed E-state index contributed by atoms with van der Waals surface area (Å²) in [5.74, 6) is 0. The molecule has 3 rings (SSSR count). The molecule has 0 fully saturated rings. The molecule has 1 aliphatic carbocycles. The summed E-state index contributed by atoms with van der Waals surface area (Å²) in [7, 11) is 0. The van der Waals surface area contributed by atoms with E-state index in [-0.39, 0.29) is 0 Å². The highest BCUT2D eigenvalue weighted by Crippen LogP contribution is 2.39. The van der Waals surface area contributed by atoms with Crippen LogP contribution in [0.3, 0.4) is 0 Å². The first-order valence-corrected chi connectivity index (χ1v) is 4.61. The van der Waals surface area contributed by atoms with E-state index in [4.69, 9.17) is 0 Å². The van der Waals surface area contributed by atoms with Gasteiger partial charge < -0.3 is 0 Å². The molecule has 15 heavy (non-hydrogen) atoms. The lowest BCUT2D eigenvalue weighted by Gasteiger charge is -2.00. The maximum atomic E-state index is 4.28. The second-order valence-corrected chi connectivity index (χ2v) is 3.41. The molecule has 0 radical (unpaired) electrons. The van der Waals surface area contributed by atoms with Crippen LogP contribution in [0, 0.1) is 6.92 Å². The summed E-state index contributed by atoms with van der Waals surface area (Å²) in [5.41, 5.74) is 5.23. The van der Waals surface area contributed by atoms with Gasteiger partial charge in [0.2, 0.25) is 0 Å². The fourth-order valence-electron chi connectivity index (χ4n) is 1.87. The zero-order chi connectivity index (χ0) is 10.4. The van der Waals surface area contributed by atoms with Crippen LogP contribution in [0.2, 0.25) is 0 Å². The number of nitrogens with zero attached hydrogens (tertiary/aromatic N) is 4. The molecule has 0 spiro atoms. The van der Waals surface area contributed by atoms with E-state index in [0.717, 1.165) is 33.9 Å². The summed E-state index contributed by atoms with van der Waals surface area (Å²) in [5, 5.41) is 0. The Balaban J connectivity index is 2.43. The van der Waals surface area contributed by atoms with Gasteiger partial charge in [-0.05, 0) is 6.92 Å². The van der Waals surface area contributed by atoms with E-state index in [1.807, 2.05) is 6.92 Å². The van der Waals surface area contributed by atoms with E-state index in [1.54, 1.807) is 18.7 Å². The Morgan fingerprint density at radius 1 is 0.933 bits per heavy atom. The van der Waals surface area contributed by atoms with Gasteiger partial charge in [0.05, 0.1) is 5.69 Å².